The zero-order chi connectivity index (χ0) is 61.9. The molecule has 0 heterocycles. The zero-order valence-electron chi connectivity index (χ0n) is 56.9. The van der Waals surface area contributed by atoms with Crippen LogP contribution in [-0.4, -0.2) is 74.9 Å². The van der Waals surface area contributed by atoms with Crippen LogP contribution in [0.5, 0.6) is 0 Å². The molecule has 0 aliphatic heterocycles. The van der Waals surface area contributed by atoms with Crippen LogP contribution in [0.4, 0.5) is 0 Å². The lowest BCUT2D eigenvalue weighted by Gasteiger charge is -2.24. The van der Waals surface area contributed by atoms with E-state index in [-0.39, 0.29) is 25.6 Å². The van der Waals surface area contributed by atoms with Crippen molar-refractivity contribution in [2.75, 3.05) is 47.5 Å². The van der Waals surface area contributed by atoms with E-state index in [0.29, 0.717) is 23.9 Å². The number of rotatable bonds is 68. The summed E-state index contributed by atoms with van der Waals surface area (Å²) in [6.07, 6.45) is 87.7. The Hall–Kier alpha value is -2.29. The van der Waals surface area contributed by atoms with Crippen LogP contribution in [0.15, 0.2) is 60.8 Å². The van der Waals surface area contributed by atoms with Crippen molar-refractivity contribution in [2.45, 2.75) is 360 Å². The SMILES string of the molecule is CC/C=C\C/C=C\C/C=C\C/C=C\C/C=C\CCCCCCCCCCCCCCCCCC(=O)OC(COC(=O)CCCCCCCCCCCCCCCCCCCCCCCCCCCCCCCC)COP(=O)(O)OCC[N+](C)(C)C. The minimum atomic E-state index is -4.39. The zero-order valence-corrected chi connectivity index (χ0v) is 57.7. The number of phosphoric acid groups is 1. The first-order valence-corrected chi connectivity index (χ1v) is 38.0. The second-order valence-corrected chi connectivity index (χ2v) is 27.4. The fourth-order valence-corrected chi connectivity index (χ4v) is 11.5. The second-order valence-electron chi connectivity index (χ2n) is 26.0. The molecule has 85 heavy (non-hydrogen) atoms. The number of likely N-dealkylation sites (N-methyl/N-ethyl adjacent to an activating group) is 1. The Bertz CT molecular complexity index is 1620. The van der Waals surface area contributed by atoms with Crippen molar-refractivity contribution >= 4 is 19.8 Å². The Labute approximate surface area is 527 Å². The predicted molar refractivity (Wildman–Crippen MR) is 367 cm³/mol. The molecule has 0 aliphatic carbocycles. The number of hydrogen-bond acceptors (Lipinski definition) is 7. The summed E-state index contributed by atoms with van der Waals surface area (Å²) in [5.74, 6) is -0.779. The highest BCUT2D eigenvalue weighted by Gasteiger charge is 2.27. The van der Waals surface area contributed by atoms with E-state index in [0.717, 1.165) is 64.2 Å². The van der Waals surface area contributed by atoms with Crippen molar-refractivity contribution in [2.24, 2.45) is 0 Å². The summed E-state index contributed by atoms with van der Waals surface area (Å²) < 4.78 is 34.8. The first kappa shape index (κ1) is 82.7. The summed E-state index contributed by atoms with van der Waals surface area (Å²) in [4.78, 5) is 35.9. The van der Waals surface area contributed by atoms with E-state index in [1.807, 2.05) is 21.1 Å². The lowest BCUT2D eigenvalue weighted by Crippen LogP contribution is -2.37. The first-order valence-electron chi connectivity index (χ1n) is 36.5. The number of quaternary nitrogens is 1. The number of carbonyl (C=O) groups excluding carboxylic acids is 2. The van der Waals surface area contributed by atoms with Crippen LogP contribution in [0.3, 0.4) is 0 Å². The number of hydrogen-bond donors (Lipinski definition) is 1. The van der Waals surface area contributed by atoms with Crippen LogP contribution < -0.4 is 0 Å². The highest BCUT2D eigenvalue weighted by atomic mass is 31.2. The lowest BCUT2D eigenvalue weighted by molar-refractivity contribution is -0.870. The molecule has 0 bridgehead atoms. The highest BCUT2D eigenvalue weighted by Crippen LogP contribution is 2.43. The van der Waals surface area contributed by atoms with E-state index < -0.39 is 26.5 Å². The van der Waals surface area contributed by atoms with Crippen LogP contribution in [0.1, 0.15) is 354 Å². The minimum Gasteiger partial charge on any atom is -0.462 e. The number of esters is 2. The van der Waals surface area contributed by atoms with Crippen molar-refractivity contribution < 1.29 is 42.1 Å². The maximum atomic E-state index is 12.9. The van der Waals surface area contributed by atoms with E-state index in [1.165, 1.54) is 257 Å². The molecule has 2 atom stereocenters. The molecule has 0 aromatic heterocycles. The molecule has 9 nitrogen and oxygen atoms in total. The Morgan fingerprint density at radius 2 is 0.671 bits per heavy atom. The van der Waals surface area contributed by atoms with Gasteiger partial charge in [-0.2, -0.15) is 0 Å². The van der Waals surface area contributed by atoms with Gasteiger partial charge in [0.1, 0.15) is 19.8 Å². The fraction of sp³-hybridized carbons (Fsp3) is 0.840. The largest absolute Gasteiger partial charge is 0.472 e. The van der Waals surface area contributed by atoms with E-state index in [9.17, 15) is 19.0 Å². The molecular formula is C75H141NO8P+. The van der Waals surface area contributed by atoms with Gasteiger partial charge in [0.15, 0.2) is 6.10 Å². The third-order valence-corrected chi connectivity index (χ3v) is 17.3. The summed E-state index contributed by atoms with van der Waals surface area (Å²) in [6.45, 7) is 4.38. The van der Waals surface area contributed by atoms with Gasteiger partial charge in [0.2, 0.25) is 0 Å². The third kappa shape index (κ3) is 70.7. The maximum absolute atomic E-state index is 12.9. The summed E-state index contributed by atoms with van der Waals surface area (Å²) in [5.41, 5.74) is 0. The Balaban J connectivity index is 3.99. The molecule has 0 radical (unpaired) electrons. The summed E-state index contributed by atoms with van der Waals surface area (Å²) in [6, 6.07) is 0. The fourth-order valence-electron chi connectivity index (χ4n) is 10.8. The molecule has 1 N–H and O–H groups in total. The van der Waals surface area contributed by atoms with Gasteiger partial charge in [-0.05, 0) is 57.8 Å². The molecule has 498 valence electrons. The Morgan fingerprint density at radius 3 is 1.00 bits per heavy atom. The Kier molecular flexibility index (Phi) is 64.4. The molecule has 0 spiro atoms. The van der Waals surface area contributed by atoms with Gasteiger partial charge in [-0.3, -0.25) is 18.6 Å². The summed E-state index contributed by atoms with van der Waals surface area (Å²) >= 11 is 0. The first-order chi connectivity index (χ1) is 41.5. The number of nitrogens with zero attached hydrogens (tertiary/aromatic N) is 1. The van der Waals surface area contributed by atoms with Crippen molar-refractivity contribution in [3.05, 3.63) is 60.8 Å². The van der Waals surface area contributed by atoms with Crippen LogP contribution in [0.25, 0.3) is 0 Å². The predicted octanol–water partition coefficient (Wildman–Crippen LogP) is 23.8. The molecule has 0 saturated heterocycles. The number of carbonyl (C=O) groups is 2. The van der Waals surface area contributed by atoms with Crippen LogP contribution in [-0.2, 0) is 32.7 Å². The molecule has 0 amide bonds. The average Bonchev–Trinajstić information content (AvgIpc) is 3.50. The standard InChI is InChI=1S/C75H140NO8P/c1-6-8-10-12-14-16-18-20-22-24-26-28-30-32-34-36-38-40-42-44-46-48-50-52-54-56-58-60-62-64-66-68-75(78)84-73(72-83-85(79,80)82-70-69-76(3,4)5)71-81-74(77)67-65-63-61-59-57-55-53-51-49-47-45-43-41-39-37-35-33-31-29-27-25-23-21-19-17-15-13-11-9-7-2/h8,10,14,16,20,22,26,28,32,34,73H,6-7,9,11-13,15,17-19,21,23-25,27,29-31,33,35-72H2,1-5H3/p+1/b10-8-,16-14-,22-20-,28-26-,34-32-. The number of allylic oxidation sites excluding steroid dienone is 10. The summed E-state index contributed by atoms with van der Waals surface area (Å²) in [5, 5.41) is 0. The highest BCUT2D eigenvalue weighted by molar-refractivity contribution is 7.47. The van der Waals surface area contributed by atoms with E-state index in [4.69, 9.17) is 18.5 Å². The van der Waals surface area contributed by atoms with Gasteiger partial charge < -0.3 is 18.9 Å². The van der Waals surface area contributed by atoms with Gasteiger partial charge in [-0.25, -0.2) is 4.57 Å². The van der Waals surface area contributed by atoms with Gasteiger partial charge in [-0.15, -0.1) is 0 Å². The topological polar surface area (TPSA) is 108 Å². The number of unbranched alkanes of at least 4 members (excludes halogenated alkanes) is 44. The maximum Gasteiger partial charge on any atom is 0.472 e. The molecule has 10 heteroatoms. The molecule has 0 aromatic rings. The molecular weight excluding hydrogens is 1070 g/mol. The van der Waals surface area contributed by atoms with Crippen LogP contribution >= 0.6 is 7.82 Å². The van der Waals surface area contributed by atoms with Gasteiger partial charge in [0.25, 0.3) is 0 Å². The quantitative estimate of drug-likeness (QED) is 0.0211. The monoisotopic (exact) mass is 1220 g/mol. The molecule has 0 aliphatic rings. The van der Waals surface area contributed by atoms with E-state index >= 15 is 0 Å². The van der Waals surface area contributed by atoms with Crippen LogP contribution in [0.2, 0.25) is 0 Å². The number of phosphoric ester groups is 1. The summed E-state index contributed by atoms with van der Waals surface area (Å²) in [7, 11) is 1.49. The van der Waals surface area contributed by atoms with Gasteiger partial charge in [0.05, 0.1) is 27.7 Å². The second kappa shape index (κ2) is 66.1. The number of ether oxygens (including phenoxy) is 2. The molecule has 0 saturated carbocycles. The molecule has 2 unspecified atom stereocenters. The Morgan fingerprint density at radius 1 is 0.376 bits per heavy atom. The molecule has 0 aromatic carbocycles. The third-order valence-electron chi connectivity index (χ3n) is 16.3. The van der Waals surface area contributed by atoms with Crippen molar-refractivity contribution in [1.29, 1.82) is 0 Å². The lowest BCUT2D eigenvalue weighted by atomic mass is 10.0. The molecule has 0 rings (SSSR count). The molecule has 0 fully saturated rings. The van der Waals surface area contributed by atoms with E-state index in [1.54, 1.807) is 0 Å². The smallest absolute Gasteiger partial charge is 0.462 e. The van der Waals surface area contributed by atoms with Gasteiger partial charge in [0, 0.05) is 12.8 Å². The average molecular weight is 1220 g/mol. The van der Waals surface area contributed by atoms with Gasteiger partial charge in [-0.1, -0.05) is 344 Å². The normalized spacial score (nSPS) is 13.4. The van der Waals surface area contributed by atoms with Crippen LogP contribution in [0, 0.1) is 0 Å². The van der Waals surface area contributed by atoms with E-state index in [2.05, 4.69) is 74.6 Å². The van der Waals surface area contributed by atoms with Crippen molar-refractivity contribution in [3.63, 3.8) is 0 Å². The van der Waals surface area contributed by atoms with Crippen molar-refractivity contribution in [3.8, 4) is 0 Å². The van der Waals surface area contributed by atoms with Gasteiger partial charge >= 0.3 is 19.8 Å². The minimum absolute atomic E-state index is 0.0328. The van der Waals surface area contributed by atoms with Crippen molar-refractivity contribution in [1.82, 2.24) is 0 Å².